The van der Waals surface area contributed by atoms with Crippen LogP contribution in [0.2, 0.25) is 0 Å². The molecule has 0 saturated carbocycles. The molecule has 0 spiro atoms. The minimum absolute atomic E-state index is 0.0140. The number of anilines is 2. The van der Waals surface area contributed by atoms with Crippen molar-refractivity contribution in [3.05, 3.63) is 78.4 Å². The van der Waals surface area contributed by atoms with E-state index in [9.17, 15) is 9.18 Å². The van der Waals surface area contributed by atoms with Crippen LogP contribution in [-0.4, -0.2) is 69.6 Å². The second kappa shape index (κ2) is 10.2. The summed E-state index contributed by atoms with van der Waals surface area (Å²) < 4.78 is 16.6. The molecule has 4 heterocycles. The number of piperazine rings is 1. The predicted octanol–water partition coefficient (Wildman–Crippen LogP) is 3.58. The summed E-state index contributed by atoms with van der Waals surface area (Å²) in [5.41, 5.74) is 2.52. The first-order chi connectivity index (χ1) is 18.2. The first-order valence-electron chi connectivity index (χ1n) is 12.9. The molecule has 0 bridgehead atoms. The highest BCUT2D eigenvalue weighted by atomic mass is 19.1. The van der Waals surface area contributed by atoms with E-state index in [4.69, 9.17) is 4.98 Å². The summed E-state index contributed by atoms with van der Waals surface area (Å²) in [5.74, 6) is 1.61. The van der Waals surface area contributed by atoms with Crippen LogP contribution in [-0.2, 0) is 11.3 Å². The SMILES string of the molecule is O=C(C1CCN(c2nc3ccccc3n2Cc2ccccc2F)CC1)N1CCN(c2ncccn2)CC1. The molecule has 2 saturated heterocycles. The minimum Gasteiger partial charge on any atom is -0.342 e. The third kappa shape index (κ3) is 4.73. The topological polar surface area (TPSA) is 70.4 Å². The second-order valence-electron chi connectivity index (χ2n) is 9.70. The molecular formula is C28H30FN7O. The van der Waals surface area contributed by atoms with Crippen molar-refractivity contribution >= 4 is 28.8 Å². The summed E-state index contributed by atoms with van der Waals surface area (Å²) in [6.45, 7) is 4.77. The number of piperidine rings is 1. The number of para-hydroxylation sites is 2. The second-order valence-corrected chi connectivity index (χ2v) is 9.70. The lowest BCUT2D eigenvalue weighted by Gasteiger charge is -2.38. The molecule has 2 fully saturated rings. The third-order valence-corrected chi connectivity index (χ3v) is 7.47. The maximum Gasteiger partial charge on any atom is 0.225 e. The van der Waals surface area contributed by atoms with Crippen LogP contribution in [0.15, 0.2) is 67.0 Å². The van der Waals surface area contributed by atoms with Crippen LogP contribution in [0, 0.1) is 11.7 Å². The summed E-state index contributed by atoms with van der Waals surface area (Å²) in [7, 11) is 0. The summed E-state index contributed by atoms with van der Waals surface area (Å²) in [6.07, 6.45) is 5.06. The first kappa shape index (κ1) is 23.4. The average molecular weight is 500 g/mol. The standard InChI is InChI=1S/C28H30FN7O/c29-23-7-2-1-6-22(23)20-36-25-9-4-3-8-24(25)32-28(36)35-14-10-21(11-15-35)26(37)33-16-18-34(19-17-33)27-30-12-5-13-31-27/h1-9,12-13,21H,10-11,14-20H2. The number of rotatable bonds is 5. The maximum absolute atomic E-state index is 14.5. The van der Waals surface area contributed by atoms with Gasteiger partial charge >= 0.3 is 0 Å². The van der Waals surface area contributed by atoms with E-state index in [1.165, 1.54) is 6.07 Å². The van der Waals surface area contributed by atoms with Crippen LogP contribution in [0.4, 0.5) is 16.3 Å². The fourth-order valence-electron chi connectivity index (χ4n) is 5.42. The molecule has 190 valence electrons. The molecule has 9 heteroatoms. The largest absolute Gasteiger partial charge is 0.342 e. The van der Waals surface area contributed by atoms with Gasteiger partial charge in [-0.3, -0.25) is 4.79 Å². The Labute approximate surface area is 215 Å². The molecule has 0 aliphatic carbocycles. The zero-order valence-corrected chi connectivity index (χ0v) is 20.7. The van der Waals surface area contributed by atoms with Gasteiger partial charge in [0.05, 0.1) is 17.6 Å². The van der Waals surface area contributed by atoms with Gasteiger partial charge in [0, 0.05) is 63.1 Å². The number of hydrogen-bond acceptors (Lipinski definition) is 6. The molecule has 2 aromatic carbocycles. The molecule has 0 N–H and O–H groups in total. The number of carbonyl (C=O) groups excluding carboxylic acids is 1. The Morgan fingerprint density at radius 3 is 2.30 bits per heavy atom. The van der Waals surface area contributed by atoms with Crippen molar-refractivity contribution in [2.45, 2.75) is 19.4 Å². The third-order valence-electron chi connectivity index (χ3n) is 7.47. The highest BCUT2D eigenvalue weighted by Gasteiger charge is 2.32. The lowest BCUT2D eigenvalue weighted by molar-refractivity contribution is -0.136. The number of benzene rings is 2. The van der Waals surface area contributed by atoms with Gasteiger partial charge in [-0.25, -0.2) is 19.3 Å². The molecule has 0 unspecified atom stereocenters. The molecule has 6 rings (SSSR count). The molecule has 1 amide bonds. The number of hydrogen-bond donors (Lipinski definition) is 0. The minimum atomic E-state index is -0.213. The zero-order chi connectivity index (χ0) is 25.2. The predicted molar refractivity (Wildman–Crippen MR) is 141 cm³/mol. The van der Waals surface area contributed by atoms with Crippen LogP contribution in [0.3, 0.4) is 0 Å². The van der Waals surface area contributed by atoms with Crippen LogP contribution < -0.4 is 9.80 Å². The van der Waals surface area contributed by atoms with Crippen molar-refractivity contribution in [1.82, 2.24) is 24.4 Å². The van der Waals surface area contributed by atoms with Crippen molar-refractivity contribution in [1.29, 1.82) is 0 Å². The summed E-state index contributed by atoms with van der Waals surface area (Å²) in [4.78, 5) is 33.3. The lowest BCUT2D eigenvalue weighted by Crippen LogP contribution is -2.52. The number of amides is 1. The molecule has 0 radical (unpaired) electrons. The smallest absolute Gasteiger partial charge is 0.225 e. The van der Waals surface area contributed by atoms with Gasteiger partial charge in [0.2, 0.25) is 17.8 Å². The number of carbonyl (C=O) groups is 1. The molecular weight excluding hydrogens is 469 g/mol. The van der Waals surface area contributed by atoms with Gasteiger partial charge < -0.3 is 19.3 Å². The van der Waals surface area contributed by atoms with Gasteiger partial charge in [-0.2, -0.15) is 0 Å². The van der Waals surface area contributed by atoms with Crippen molar-refractivity contribution in [2.75, 3.05) is 49.1 Å². The molecule has 0 atom stereocenters. The first-order valence-corrected chi connectivity index (χ1v) is 12.9. The molecule has 8 nitrogen and oxygen atoms in total. The van der Waals surface area contributed by atoms with E-state index in [2.05, 4.69) is 24.3 Å². The normalized spacial score (nSPS) is 16.9. The summed E-state index contributed by atoms with van der Waals surface area (Å²) in [5, 5.41) is 0. The van der Waals surface area contributed by atoms with Crippen LogP contribution in [0.5, 0.6) is 0 Å². The molecule has 2 aliphatic rings. The number of fused-ring (bicyclic) bond motifs is 1. The fraction of sp³-hybridized carbons (Fsp3) is 0.357. The molecule has 2 aliphatic heterocycles. The van der Waals surface area contributed by atoms with Crippen molar-refractivity contribution in [2.24, 2.45) is 5.92 Å². The van der Waals surface area contributed by atoms with Crippen LogP contribution >= 0.6 is 0 Å². The van der Waals surface area contributed by atoms with E-state index in [1.54, 1.807) is 18.5 Å². The Morgan fingerprint density at radius 2 is 1.54 bits per heavy atom. The number of nitrogens with zero attached hydrogens (tertiary/aromatic N) is 7. The average Bonchev–Trinajstić information content (AvgIpc) is 3.33. The Balaban J connectivity index is 1.13. The zero-order valence-electron chi connectivity index (χ0n) is 20.7. The summed E-state index contributed by atoms with van der Waals surface area (Å²) >= 11 is 0. The monoisotopic (exact) mass is 499 g/mol. The number of halogens is 1. The number of imidazole rings is 1. The van der Waals surface area contributed by atoms with E-state index >= 15 is 0 Å². The van der Waals surface area contributed by atoms with E-state index in [0.717, 1.165) is 62.0 Å². The number of aromatic nitrogens is 4. The van der Waals surface area contributed by atoms with Crippen LogP contribution in [0.25, 0.3) is 11.0 Å². The molecule has 37 heavy (non-hydrogen) atoms. The highest BCUT2D eigenvalue weighted by Crippen LogP contribution is 2.29. The maximum atomic E-state index is 14.5. The van der Waals surface area contributed by atoms with E-state index in [1.807, 2.05) is 47.4 Å². The summed E-state index contributed by atoms with van der Waals surface area (Å²) in [6, 6.07) is 16.7. The van der Waals surface area contributed by atoms with Gasteiger partial charge in [0.15, 0.2) is 0 Å². The van der Waals surface area contributed by atoms with Gasteiger partial charge in [-0.1, -0.05) is 30.3 Å². The molecule has 4 aromatic rings. The van der Waals surface area contributed by atoms with Gasteiger partial charge in [-0.15, -0.1) is 0 Å². The van der Waals surface area contributed by atoms with Crippen molar-refractivity contribution in [3.63, 3.8) is 0 Å². The van der Waals surface area contributed by atoms with E-state index < -0.39 is 0 Å². The van der Waals surface area contributed by atoms with E-state index in [0.29, 0.717) is 25.2 Å². The van der Waals surface area contributed by atoms with Gasteiger partial charge in [-0.05, 0) is 37.1 Å². The van der Waals surface area contributed by atoms with E-state index in [-0.39, 0.29) is 17.6 Å². The quantitative estimate of drug-likeness (QED) is 0.418. The Morgan fingerprint density at radius 1 is 0.838 bits per heavy atom. The van der Waals surface area contributed by atoms with Gasteiger partial charge in [0.1, 0.15) is 5.82 Å². The Hall–Kier alpha value is -4.01. The lowest BCUT2D eigenvalue weighted by atomic mass is 9.95. The fourth-order valence-corrected chi connectivity index (χ4v) is 5.42. The Bertz CT molecular complexity index is 1380. The highest BCUT2D eigenvalue weighted by molar-refractivity contribution is 5.80. The van der Waals surface area contributed by atoms with Crippen molar-refractivity contribution in [3.8, 4) is 0 Å². The Kier molecular flexibility index (Phi) is 6.42. The van der Waals surface area contributed by atoms with Gasteiger partial charge in [0.25, 0.3) is 0 Å². The molecule has 2 aromatic heterocycles. The van der Waals surface area contributed by atoms with Crippen molar-refractivity contribution < 1.29 is 9.18 Å². The van der Waals surface area contributed by atoms with Crippen LogP contribution in [0.1, 0.15) is 18.4 Å².